The van der Waals surface area contributed by atoms with Gasteiger partial charge >= 0.3 is 5.97 Å². The van der Waals surface area contributed by atoms with Gasteiger partial charge in [0, 0.05) is 4.88 Å². The molecule has 0 aliphatic carbocycles. The monoisotopic (exact) mass is 347 g/mol. The normalized spacial score (nSPS) is 12.6. The molecular weight excluding hydrogens is 324 g/mol. The van der Waals surface area contributed by atoms with Crippen molar-refractivity contribution >= 4 is 23.2 Å². The van der Waals surface area contributed by atoms with Crippen LogP contribution in [0.5, 0.6) is 0 Å². The summed E-state index contributed by atoms with van der Waals surface area (Å²) in [5.41, 5.74) is 1.06. The predicted molar refractivity (Wildman–Crippen MR) is 96.2 cm³/mol. The highest BCUT2D eigenvalue weighted by Gasteiger charge is 2.24. The van der Waals surface area contributed by atoms with Crippen LogP contribution in [-0.4, -0.2) is 55.2 Å². The molecule has 6 heteroatoms. The number of carboxylic acids is 1. The number of nitrogens with one attached hydrogen (secondary N) is 1. The largest absolute Gasteiger partial charge is 0.481 e. The lowest BCUT2D eigenvalue weighted by atomic mass is 10.1. The number of aliphatic carboxylic acids is 1. The van der Waals surface area contributed by atoms with Gasteiger partial charge in [-0.2, -0.15) is 0 Å². The van der Waals surface area contributed by atoms with E-state index in [0.29, 0.717) is 15.9 Å². The van der Waals surface area contributed by atoms with Gasteiger partial charge in [-0.15, -0.1) is 11.3 Å². The van der Waals surface area contributed by atoms with E-state index in [9.17, 15) is 9.59 Å². The summed E-state index contributed by atoms with van der Waals surface area (Å²) in [6.07, 6.45) is -0.0851. The van der Waals surface area contributed by atoms with Crippen molar-refractivity contribution in [2.24, 2.45) is 0 Å². The molecule has 0 fully saturated rings. The van der Waals surface area contributed by atoms with Crippen molar-refractivity contribution in [3.05, 3.63) is 47.3 Å². The fourth-order valence-electron chi connectivity index (χ4n) is 2.51. The number of likely N-dealkylation sites (N-methyl/N-ethyl adjacent to an activating group) is 1. The number of carboxylic acid groups (broad SMARTS) is 1. The second kappa shape index (κ2) is 7.59. The van der Waals surface area contributed by atoms with Gasteiger partial charge in [-0.25, -0.2) is 0 Å². The van der Waals surface area contributed by atoms with Crippen LogP contribution in [0.1, 0.15) is 16.1 Å². The van der Waals surface area contributed by atoms with Gasteiger partial charge in [0.1, 0.15) is 0 Å². The second-order valence-electron chi connectivity index (χ2n) is 6.77. The number of rotatable bonds is 7. The number of nitrogens with zero attached hydrogens (tertiary/aromatic N) is 1. The molecule has 1 heterocycles. The number of quaternary nitrogens is 1. The maximum Gasteiger partial charge on any atom is 0.305 e. The Bertz CT molecular complexity index is 705. The fourth-order valence-corrected chi connectivity index (χ4v) is 3.42. The Morgan fingerprint density at radius 3 is 2.38 bits per heavy atom. The first-order valence-corrected chi connectivity index (χ1v) is 8.54. The van der Waals surface area contributed by atoms with Gasteiger partial charge in [0.2, 0.25) is 0 Å². The van der Waals surface area contributed by atoms with Crippen molar-refractivity contribution in [1.82, 2.24) is 5.32 Å². The Morgan fingerprint density at radius 1 is 1.12 bits per heavy atom. The Balaban J connectivity index is 2.09. The van der Waals surface area contributed by atoms with E-state index in [2.05, 4.69) is 5.32 Å². The summed E-state index contributed by atoms with van der Waals surface area (Å²) in [5, 5.41) is 11.9. The smallest absolute Gasteiger partial charge is 0.305 e. The highest BCUT2D eigenvalue weighted by atomic mass is 32.1. The summed E-state index contributed by atoms with van der Waals surface area (Å²) < 4.78 is 0.581. The first-order valence-electron chi connectivity index (χ1n) is 7.73. The van der Waals surface area contributed by atoms with Crippen LogP contribution in [0.15, 0.2) is 42.5 Å². The number of benzene rings is 1. The van der Waals surface area contributed by atoms with Crippen LogP contribution >= 0.6 is 11.3 Å². The summed E-state index contributed by atoms with van der Waals surface area (Å²) in [6.45, 7) is 0.551. The maximum atomic E-state index is 12.5. The van der Waals surface area contributed by atoms with Crippen molar-refractivity contribution in [3.8, 4) is 10.4 Å². The molecule has 1 aromatic heterocycles. The van der Waals surface area contributed by atoms with Crippen molar-refractivity contribution < 1.29 is 19.2 Å². The summed E-state index contributed by atoms with van der Waals surface area (Å²) in [4.78, 5) is 25.1. The van der Waals surface area contributed by atoms with Crippen LogP contribution < -0.4 is 5.32 Å². The van der Waals surface area contributed by atoms with E-state index in [1.165, 1.54) is 11.3 Å². The van der Waals surface area contributed by atoms with Crippen LogP contribution in [0.25, 0.3) is 10.4 Å². The molecule has 1 amide bonds. The third kappa shape index (κ3) is 5.47. The minimum atomic E-state index is -0.912. The zero-order valence-electron chi connectivity index (χ0n) is 14.2. The topological polar surface area (TPSA) is 66.4 Å². The van der Waals surface area contributed by atoms with E-state index in [1.54, 1.807) is 6.07 Å². The molecule has 128 valence electrons. The maximum absolute atomic E-state index is 12.5. The third-order valence-electron chi connectivity index (χ3n) is 3.41. The molecule has 24 heavy (non-hydrogen) atoms. The zero-order chi connectivity index (χ0) is 17.7. The number of thiophene rings is 1. The van der Waals surface area contributed by atoms with Crippen LogP contribution in [-0.2, 0) is 4.79 Å². The predicted octanol–water partition coefficient (Wildman–Crippen LogP) is 2.69. The average molecular weight is 347 g/mol. The summed E-state index contributed by atoms with van der Waals surface area (Å²) in [5.74, 6) is -1.13. The SMILES string of the molecule is C[N+](C)(C)C[C@@H](CC(=O)O)NC(=O)c1ccc(-c2ccccc2)s1. The lowest BCUT2D eigenvalue weighted by molar-refractivity contribution is -0.871. The van der Waals surface area contributed by atoms with Gasteiger partial charge in [0.05, 0.1) is 45.0 Å². The molecule has 0 bridgehead atoms. The van der Waals surface area contributed by atoms with Crippen molar-refractivity contribution in [1.29, 1.82) is 0 Å². The zero-order valence-corrected chi connectivity index (χ0v) is 15.0. The van der Waals surface area contributed by atoms with Gasteiger partial charge < -0.3 is 14.9 Å². The minimum absolute atomic E-state index is 0.0851. The molecule has 0 aliphatic heterocycles. The van der Waals surface area contributed by atoms with E-state index >= 15 is 0 Å². The van der Waals surface area contributed by atoms with E-state index in [1.807, 2.05) is 57.5 Å². The first kappa shape index (κ1) is 18.2. The molecule has 0 spiro atoms. The van der Waals surface area contributed by atoms with E-state index in [4.69, 9.17) is 5.11 Å². The molecule has 1 aromatic carbocycles. The van der Waals surface area contributed by atoms with E-state index in [-0.39, 0.29) is 12.3 Å². The molecule has 0 saturated carbocycles. The molecule has 1 atom stereocenters. The molecule has 5 nitrogen and oxygen atoms in total. The third-order valence-corrected chi connectivity index (χ3v) is 4.55. The van der Waals surface area contributed by atoms with Crippen molar-refractivity contribution in [2.45, 2.75) is 12.5 Å². The van der Waals surface area contributed by atoms with Gasteiger partial charge in [-0.3, -0.25) is 9.59 Å². The molecule has 0 saturated heterocycles. The second-order valence-corrected chi connectivity index (χ2v) is 7.85. The van der Waals surface area contributed by atoms with Gasteiger partial charge in [0.15, 0.2) is 0 Å². The number of amides is 1. The first-order chi connectivity index (χ1) is 11.2. The number of carbonyl (C=O) groups excluding carboxylic acids is 1. The van der Waals surface area contributed by atoms with E-state index < -0.39 is 12.0 Å². The van der Waals surface area contributed by atoms with Crippen LogP contribution in [0, 0.1) is 0 Å². The Morgan fingerprint density at radius 2 is 1.79 bits per heavy atom. The fraction of sp³-hybridized carbons (Fsp3) is 0.333. The Labute approximate surface area is 146 Å². The van der Waals surface area contributed by atoms with Gasteiger partial charge in [-0.05, 0) is 17.7 Å². The lowest BCUT2D eigenvalue weighted by Crippen LogP contribution is -2.49. The van der Waals surface area contributed by atoms with Crippen LogP contribution in [0.4, 0.5) is 0 Å². The molecule has 2 rings (SSSR count). The summed E-state index contributed by atoms with van der Waals surface area (Å²) in [7, 11) is 5.92. The van der Waals surface area contributed by atoms with Crippen LogP contribution in [0.3, 0.4) is 0 Å². The van der Waals surface area contributed by atoms with E-state index in [0.717, 1.165) is 10.4 Å². The van der Waals surface area contributed by atoms with Crippen LogP contribution in [0.2, 0.25) is 0 Å². The molecular formula is C18H23N2O3S+. The number of carbonyl (C=O) groups is 2. The molecule has 2 aromatic rings. The molecule has 0 aliphatic rings. The van der Waals surface area contributed by atoms with Gasteiger partial charge in [-0.1, -0.05) is 30.3 Å². The van der Waals surface area contributed by atoms with Crippen molar-refractivity contribution in [2.75, 3.05) is 27.7 Å². The average Bonchev–Trinajstić information content (AvgIpc) is 2.95. The molecule has 0 radical (unpaired) electrons. The summed E-state index contributed by atoms with van der Waals surface area (Å²) >= 11 is 1.41. The van der Waals surface area contributed by atoms with Gasteiger partial charge in [0.25, 0.3) is 5.91 Å². The summed E-state index contributed by atoms with van der Waals surface area (Å²) in [6, 6.07) is 13.2. The number of hydrogen-bond acceptors (Lipinski definition) is 3. The minimum Gasteiger partial charge on any atom is -0.481 e. The Kier molecular flexibility index (Phi) is 5.75. The standard InChI is InChI=1S/C18H22N2O3S/c1-20(2,3)12-14(11-17(21)22)19-18(23)16-10-9-15(24-16)13-7-5-4-6-8-13/h4-10,14H,11-12H2,1-3H3,(H-,19,21,22,23)/p+1/t14-/m1/s1. The Hall–Kier alpha value is -2.18. The molecule has 0 unspecified atom stereocenters. The highest BCUT2D eigenvalue weighted by molar-refractivity contribution is 7.17. The molecule has 2 N–H and O–H groups in total. The quantitative estimate of drug-likeness (QED) is 0.757. The lowest BCUT2D eigenvalue weighted by Gasteiger charge is -2.29. The highest BCUT2D eigenvalue weighted by Crippen LogP contribution is 2.27. The van der Waals surface area contributed by atoms with Crippen molar-refractivity contribution in [3.63, 3.8) is 0 Å². The number of hydrogen-bond donors (Lipinski definition) is 2.